The van der Waals surface area contributed by atoms with Crippen LogP contribution in [0.3, 0.4) is 0 Å². The SMILES string of the molecule is CC1(C)CCC(NC(=O)c2ccncc2O)C1. The lowest BCUT2D eigenvalue weighted by molar-refractivity contribution is 0.0933. The first-order chi connectivity index (χ1) is 7.98. The van der Waals surface area contributed by atoms with Crippen LogP contribution < -0.4 is 5.32 Å². The van der Waals surface area contributed by atoms with E-state index in [2.05, 4.69) is 24.1 Å². The Morgan fingerprint density at radius 2 is 2.35 bits per heavy atom. The Bertz CT molecular complexity index is 429. The molecule has 1 aromatic rings. The van der Waals surface area contributed by atoms with Gasteiger partial charge in [-0.1, -0.05) is 13.8 Å². The van der Waals surface area contributed by atoms with Crippen molar-refractivity contribution < 1.29 is 9.90 Å². The molecule has 1 aromatic heterocycles. The summed E-state index contributed by atoms with van der Waals surface area (Å²) in [6, 6.07) is 1.75. The average molecular weight is 234 g/mol. The van der Waals surface area contributed by atoms with E-state index >= 15 is 0 Å². The lowest BCUT2D eigenvalue weighted by Gasteiger charge is -2.18. The fourth-order valence-electron chi connectivity index (χ4n) is 2.40. The monoisotopic (exact) mass is 234 g/mol. The van der Waals surface area contributed by atoms with Gasteiger partial charge in [0.15, 0.2) is 0 Å². The van der Waals surface area contributed by atoms with Crippen LogP contribution in [-0.2, 0) is 0 Å². The molecule has 1 atom stereocenters. The highest BCUT2D eigenvalue weighted by Crippen LogP contribution is 2.37. The maximum absolute atomic E-state index is 11.9. The Labute approximate surface area is 101 Å². The number of pyridine rings is 1. The van der Waals surface area contributed by atoms with Gasteiger partial charge in [0.1, 0.15) is 5.75 Å². The van der Waals surface area contributed by atoms with Gasteiger partial charge in [0.25, 0.3) is 5.91 Å². The number of nitrogens with one attached hydrogen (secondary N) is 1. The number of carbonyl (C=O) groups excluding carboxylic acids is 1. The molecule has 0 aliphatic heterocycles. The Kier molecular flexibility index (Phi) is 3.05. The molecule has 0 saturated heterocycles. The van der Waals surface area contributed by atoms with E-state index in [9.17, 15) is 9.90 Å². The Morgan fingerprint density at radius 3 is 2.94 bits per heavy atom. The van der Waals surface area contributed by atoms with Gasteiger partial charge in [0.2, 0.25) is 0 Å². The fraction of sp³-hybridized carbons (Fsp3) is 0.538. The second-order valence-corrected chi connectivity index (χ2v) is 5.47. The number of aromatic hydroxyl groups is 1. The number of nitrogens with zero attached hydrogens (tertiary/aromatic N) is 1. The second kappa shape index (κ2) is 4.35. The van der Waals surface area contributed by atoms with Crippen molar-refractivity contribution in [2.75, 3.05) is 0 Å². The second-order valence-electron chi connectivity index (χ2n) is 5.47. The summed E-state index contributed by atoms with van der Waals surface area (Å²) in [6.07, 6.45) is 5.91. The van der Waals surface area contributed by atoms with Gasteiger partial charge in [-0.15, -0.1) is 0 Å². The highest BCUT2D eigenvalue weighted by atomic mass is 16.3. The molecule has 1 aliphatic rings. The average Bonchev–Trinajstić information content (AvgIpc) is 2.58. The first-order valence-corrected chi connectivity index (χ1v) is 5.92. The highest BCUT2D eigenvalue weighted by Gasteiger charge is 2.32. The van der Waals surface area contributed by atoms with Gasteiger partial charge in [0.05, 0.1) is 11.8 Å². The zero-order valence-corrected chi connectivity index (χ0v) is 10.2. The number of carbonyl (C=O) groups is 1. The summed E-state index contributed by atoms with van der Waals surface area (Å²) in [4.78, 5) is 15.7. The zero-order valence-electron chi connectivity index (χ0n) is 10.2. The lowest BCUT2D eigenvalue weighted by Crippen LogP contribution is -2.33. The van der Waals surface area contributed by atoms with E-state index in [-0.39, 0.29) is 17.7 Å². The molecular formula is C13H18N2O2. The minimum absolute atomic E-state index is 0.0674. The minimum Gasteiger partial charge on any atom is -0.505 e. The van der Waals surface area contributed by atoms with Crippen LogP contribution in [-0.4, -0.2) is 22.0 Å². The first-order valence-electron chi connectivity index (χ1n) is 5.92. The summed E-state index contributed by atoms with van der Waals surface area (Å²) in [5, 5.41) is 12.5. The molecule has 0 aromatic carbocycles. The topological polar surface area (TPSA) is 62.2 Å². The Morgan fingerprint density at radius 1 is 1.59 bits per heavy atom. The van der Waals surface area contributed by atoms with Crippen molar-refractivity contribution in [2.24, 2.45) is 5.41 Å². The largest absolute Gasteiger partial charge is 0.505 e. The maximum Gasteiger partial charge on any atom is 0.255 e. The van der Waals surface area contributed by atoms with E-state index in [1.54, 1.807) is 0 Å². The van der Waals surface area contributed by atoms with Gasteiger partial charge in [-0.25, -0.2) is 0 Å². The lowest BCUT2D eigenvalue weighted by atomic mass is 9.92. The van der Waals surface area contributed by atoms with E-state index < -0.39 is 0 Å². The van der Waals surface area contributed by atoms with Crippen molar-refractivity contribution in [2.45, 2.75) is 39.2 Å². The number of rotatable bonds is 2. The summed E-state index contributed by atoms with van der Waals surface area (Å²) in [5.41, 5.74) is 0.600. The molecule has 17 heavy (non-hydrogen) atoms. The molecule has 0 radical (unpaired) electrons. The summed E-state index contributed by atoms with van der Waals surface area (Å²) in [7, 11) is 0. The molecule has 0 bridgehead atoms. The summed E-state index contributed by atoms with van der Waals surface area (Å²) >= 11 is 0. The van der Waals surface area contributed by atoms with Crippen LogP contribution in [0.4, 0.5) is 0 Å². The number of amides is 1. The van der Waals surface area contributed by atoms with Gasteiger partial charge in [0, 0.05) is 12.2 Å². The van der Waals surface area contributed by atoms with Gasteiger partial charge >= 0.3 is 0 Å². The first kappa shape index (κ1) is 11.9. The molecule has 1 unspecified atom stereocenters. The molecule has 1 fully saturated rings. The molecule has 4 heteroatoms. The standard InChI is InChI=1S/C13H18N2O2/c1-13(2)5-3-9(7-13)15-12(17)10-4-6-14-8-11(10)16/h4,6,8-9,16H,3,5,7H2,1-2H3,(H,15,17). The van der Waals surface area contributed by atoms with Crippen molar-refractivity contribution in [3.63, 3.8) is 0 Å². The van der Waals surface area contributed by atoms with Crippen molar-refractivity contribution in [3.05, 3.63) is 24.0 Å². The van der Waals surface area contributed by atoms with Gasteiger partial charge in [-0.2, -0.15) is 0 Å². The predicted octanol–water partition coefficient (Wildman–Crippen LogP) is 2.10. The van der Waals surface area contributed by atoms with E-state index in [1.165, 1.54) is 18.5 Å². The van der Waals surface area contributed by atoms with E-state index in [4.69, 9.17) is 0 Å². The summed E-state index contributed by atoms with van der Waals surface area (Å²) in [5.74, 6) is -0.283. The number of aromatic nitrogens is 1. The normalized spacial score (nSPS) is 22.4. The van der Waals surface area contributed by atoms with Crippen molar-refractivity contribution in [1.82, 2.24) is 10.3 Å². The van der Waals surface area contributed by atoms with E-state index in [0.717, 1.165) is 19.3 Å². The molecule has 0 spiro atoms. The number of hydrogen-bond donors (Lipinski definition) is 2. The highest BCUT2D eigenvalue weighted by molar-refractivity contribution is 5.96. The van der Waals surface area contributed by atoms with Crippen molar-refractivity contribution in [3.8, 4) is 5.75 Å². The zero-order chi connectivity index (χ0) is 12.5. The van der Waals surface area contributed by atoms with Crippen molar-refractivity contribution >= 4 is 5.91 Å². The third kappa shape index (κ3) is 2.75. The summed E-state index contributed by atoms with van der Waals surface area (Å²) in [6.45, 7) is 4.42. The van der Waals surface area contributed by atoms with Gasteiger partial charge < -0.3 is 10.4 Å². The molecule has 2 N–H and O–H groups in total. The fourth-order valence-corrected chi connectivity index (χ4v) is 2.40. The van der Waals surface area contributed by atoms with E-state index in [1.807, 2.05) is 0 Å². The van der Waals surface area contributed by atoms with Crippen LogP contribution in [0.2, 0.25) is 0 Å². The molecule has 2 rings (SSSR count). The van der Waals surface area contributed by atoms with E-state index in [0.29, 0.717) is 11.0 Å². The molecule has 4 nitrogen and oxygen atoms in total. The molecule has 1 heterocycles. The van der Waals surface area contributed by atoms with Crippen LogP contribution in [0.5, 0.6) is 5.75 Å². The third-order valence-electron chi connectivity index (χ3n) is 3.35. The van der Waals surface area contributed by atoms with Crippen LogP contribution >= 0.6 is 0 Å². The van der Waals surface area contributed by atoms with Gasteiger partial charge in [-0.05, 0) is 30.7 Å². The predicted molar refractivity (Wildman–Crippen MR) is 64.8 cm³/mol. The smallest absolute Gasteiger partial charge is 0.255 e. The Balaban J connectivity index is 2.01. The molecule has 1 saturated carbocycles. The maximum atomic E-state index is 11.9. The number of hydrogen-bond acceptors (Lipinski definition) is 3. The molecule has 1 aliphatic carbocycles. The van der Waals surface area contributed by atoms with Crippen LogP contribution in [0.25, 0.3) is 0 Å². The summed E-state index contributed by atoms with van der Waals surface area (Å²) < 4.78 is 0. The van der Waals surface area contributed by atoms with Crippen LogP contribution in [0.15, 0.2) is 18.5 Å². The molecular weight excluding hydrogens is 216 g/mol. The van der Waals surface area contributed by atoms with Gasteiger partial charge in [-0.3, -0.25) is 9.78 Å². The molecule has 92 valence electrons. The molecule has 1 amide bonds. The third-order valence-corrected chi connectivity index (χ3v) is 3.35. The van der Waals surface area contributed by atoms with Crippen molar-refractivity contribution in [1.29, 1.82) is 0 Å². The minimum atomic E-state index is -0.215. The van der Waals surface area contributed by atoms with Crippen LogP contribution in [0, 0.1) is 5.41 Å². The quantitative estimate of drug-likeness (QED) is 0.823. The Hall–Kier alpha value is -1.58. The van der Waals surface area contributed by atoms with Crippen LogP contribution in [0.1, 0.15) is 43.5 Å².